The van der Waals surface area contributed by atoms with Crippen LogP contribution >= 0.6 is 0 Å². The van der Waals surface area contributed by atoms with Gasteiger partial charge in [0.25, 0.3) is 0 Å². The van der Waals surface area contributed by atoms with Gasteiger partial charge in [-0.2, -0.15) is 0 Å². The molecule has 2 rings (SSSR count). The van der Waals surface area contributed by atoms with E-state index in [9.17, 15) is 0 Å². The summed E-state index contributed by atoms with van der Waals surface area (Å²) in [6.45, 7) is 8.22. The number of piperazine rings is 1. The van der Waals surface area contributed by atoms with Gasteiger partial charge in [-0.25, -0.2) is 0 Å². The van der Waals surface area contributed by atoms with Gasteiger partial charge >= 0.3 is 0 Å². The van der Waals surface area contributed by atoms with Gasteiger partial charge in [-0.05, 0) is 6.42 Å². The minimum Gasteiger partial charge on any atom is -0.378 e. The monoisotopic (exact) mass is 228 g/mol. The highest BCUT2D eigenvalue weighted by Gasteiger charge is 2.37. The molecule has 0 amide bonds. The summed E-state index contributed by atoms with van der Waals surface area (Å²) in [5, 5.41) is 3.54. The highest BCUT2D eigenvalue weighted by atomic mass is 16.5. The summed E-state index contributed by atoms with van der Waals surface area (Å²) in [6.07, 6.45) is 2.23. The quantitative estimate of drug-likeness (QED) is 0.758. The van der Waals surface area contributed by atoms with Crippen LogP contribution in [0, 0.1) is 0 Å². The Kier molecular flexibility index (Phi) is 4.19. The van der Waals surface area contributed by atoms with Crippen LogP contribution in [0.1, 0.15) is 19.8 Å². The highest BCUT2D eigenvalue weighted by Crippen LogP contribution is 2.24. The van der Waals surface area contributed by atoms with Crippen LogP contribution < -0.4 is 5.32 Å². The minimum atomic E-state index is -0.0460. The van der Waals surface area contributed by atoms with Crippen molar-refractivity contribution >= 4 is 0 Å². The first kappa shape index (κ1) is 12.3. The summed E-state index contributed by atoms with van der Waals surface area (Å²) >= 11 is 0. The van der Waals surface area contributed by atoms with Crippen LogP contribution in [-0.2, 0) is 9.47 Å². The maximum Gasteiger partial charge on any atom is 0.106 e. The number of methoxy groups -OCH3 is 1. The molecule has 16 heavy (non-hydrogen) atoms. The van der Waals surface area contributed by atoms with Crippen LogP contribution in [0.15, 0.2) is 0 Å². The van der Waals surface area contributed by atoms with Crippen LogP contribution in [-0.4, -0.2) is 63.0 Å². The van der Waals surface area contributed by atoms with Crippen molar-refractivity contribution in [3.8, 4) is 0 Å². The molecule has 0 radical (unpaired) electrons. The topological polar surface area (TPSA) is 33.7 Å². The number of nitrogens with one attached hydrogen (secondary N) is 1. The SMILES string of the molecule is CCC1CN(CC2(OC)CCOC2)CCN1. The summed E-state index contributed by atoms with van der Waals surface area (Å²) in [5.74, 6) is 0. The maximum atomic E-state index is 5.68. The zero-order valence-electron chi connectivity index (χ0n) is 10.5. The van der Waals surface area contributed by atoms with Crippen molar-refractivity contribution < 1.29 is 9.47 Å². The van der Waals surface area contributed by atoms with Gasteiger partial charge in [0, 0.05) is 52.4 Å². The van der Waals surface area contributed by atoms with Crippen molar-refractivity contribution in [3.63, 3.8) is 0 Å². The third-order valence-electron chi connectivity index (χ3n) is 3.84. The number of ether oxygens (including phenoxy) is 2. The molecule has 0 spiro atoms. The third kappa shape index (κ3) is 2.74. The summed E-state index contributed by atoms with van der Waals surface area (Å²) in [6, 6.07) is 0.643. The molecule has 4 heteroatoms. The Bertz CT molecular complexity index is 217. The lowest BCUT2D eigenvalue weighted by atomic mass is 10.0. The minimum absolute atomic E-state index is 0.0460. The molecular weight excluding hydrogens is 204 g/mol. The molecule has 0 bridgehead atoms. The van der Waals surface area contributed by atoms with Gasteiger partial charge in [0.15, 0.2) is 0 Å². The third-order valence-corrected chi connectivity index (χ3v) is 3.84. The Morgan fingerprint density at radius 1 is 1.56 bits per heavy atom. The number of rotatable bonds is 4. The largest absolute Gasteiger partial charge is 0.378 e. The van der Waals surface area contributed by atoms with Gasteiger partial charge in [-0.1, -0.05) is 6.92 Å². The van der Waals surface area contributed by atoms with Crippen LogP contribution in [0.4, 0.5) is 0 Å². The predicted octanol–water partition coefficient (Wildman–Crippen LogP) is 0.476. The van der Waals surface area contributed by atoms with E-state index in [0.29, 0.717) is 6.04 Å². The Hall–Kier alpha value is -0.160. The molecule has 0 aromatic carbocycles. The summed E-state index contributed by atoms with van der Waals surface area (Å²) in [5.41, 5.74) is -0.0460. The molecule has 2 unspecified atom stereocenters. The van der Waals surface area contributed by atoms with Crippen molar-refractivity contribution in [2.45, 2.75) is 31.4 Å². The predicted molar refractivity (Wildman–Crippen MR) is 63.7 cm³/mol. The van der Waals surface area contributed by atoms with Crippen molar-refractivity contribution in [2.24, 2.45) is 0 Å². The average molecular weight is 228 g/mol. The normalized spacial score (nSPS) is 36.8. The Balaban J connectivity index is 1.87. The fourth-order valence-electron chi connectivity index (χ4n) is 2.66. The van der Waals surface area contributed by atoms with E-state index in [-0.39, 0.29) is 5.60 Å². The lowest BCUT2D eigenvalue weighted by molar-refractivity contribution is -0.0449. The Morgan fingerprint density at radius 2 is 2.44 bits per heavy atom. The second-order valence-electron chi connectivity index (χ2n) is 4.98. The van der Waals surface area contributed by atoms with E-state index in [1.807, 2.05) is 7.11 Å². The molecule has 2 aliphatic heterocycles. The molecule has 2 saturated heterocycles. The zero-order valence-corrected chi connectivity index (χ0v) is 10.5. The zero-order chi connectivity index (χ0) is 11.4. The van der Waals surface area contributed by atoms with E-state index in [1.54, 1.807) is 0 Å². The summed E-state index contributed by atoms with van der Waals surface area (Å²) < 4.78 is 11.2. The lowest BCUT2D eigenvalue weighted by Crippen LogP contribution is -2.55. The van der Waals surface area contributed by atoms with Gasteiger partial charge in [0.1, 0.15) is 5.60 Å². The molecule has 2 atom stereocenters. The Labute approximate surface area is 98.3 Å². The molecule has 94 valence electrons. The fraction of sp³-hybridized carbons (Fsp3) is 1.00. The standard InChI is InChI=1S/C12H24N2O2/c1-3-11-8-14(6-5-13-11)9-12(15-2)4-7-16-10-12/h11,13H,3-10H2,1-2H3. The molecule has 0 saturated carbocycles. The first-order valence-electron chi connectivity index (χ1n) is 6.36. The van der Waals surface area contributed by atoms with Gasteiger partial charge in [0.2, 0.25) is 0 Å². The molecule has 4 nitrogen and oxygen atoms in total. The van der Waals surface area contributed by atoms with Crippen molar-refractivity contribution in [3.05, 3.63) is 0 Å². The number of hydrogen-bond donors (Lipinski definition) is 1. The number of nitrogens with zero attached hydrogens (tertiary/aromatic N) is 1. The Morgan fingerprint density at radius 3 is 3.06 bits per heavy atom. The lowest BCUT2D eigenvalue weighted by Gasteiger charge is -2.38. The highest BCUT2D eigenvalue weighted by molar-refractivity contribution is 4.90. The van der Waals surface area contributed by atoms with E-state index in [4.69, 9.17) is 9.47 Å². The number of hydrogen-bond acceptors (Lipinski definition) is 4. The van der Waals surface area contributed by atoms with E-state index in [1.165, 1.54) is 6.42 Å². The molecule has 0 aromatic rings. The molecule has 2 aliphatic rings. The van der Waals surface area contributed by atoms with Crippen LogP contribution in [0.25, 0.3) is 0 Å². The molecule has 0 aromatic heterocycles. The van der Waals surface area contributed by atoms with E-state index >= 15 is 0 Å². The molecule has 2 fully saturated rings. The first-order valence-corrected chi connectivity index (χ1v) is 6.36. The van der Waals surface area contributed by atoms with Gasteiger partial charge in [0.05, 0.1) is 6.61 Å². The summed E-state index contributed by atoms with van der Waals surface area (Å²) in [4.78, 5) is 2.52. The second-order valence-corrected chi connectivity index (χ2v) is 4.98. The molecule has 2 heterocycles. The molecular formula is C12H24N2O2. The molecule has 0 aliphatic carbocycles. The van der Waals surface area contributed by atoms with E-state index < -0.39 is 0 Å². The van der Waals surface area contributed by atoms with Crippen molar-refractivity contribution in [2.75, 3.05) is 46.5 Å². The fourth-order valence-corrected chi connectivity index (χ4v) is 2.66. The van der Waals surface area contributed by atoms with Gasteiger partial charge < -0.3 is 14.8 Å². The van der Waals surface area contributed by atoms with Gasteiger partial charge in [-0.15, -0.1) is 0 Å². The van der Waals surface area contributed by atoms with Gasteiger partial charge in [-0.3, -0.25) is 4.90 Å². The van der Waals surface area contributed by atoms with E-state index in [0.717, 1.165) is 45.8 Å². The van der Waals surface area contributed by atoms with E-state index in [2.05, 4.69) is 17.1 Å². The van der Waals surface area contributed by atoms with Crippen LogP contribution in [0.5, 0.6) is 0 Å². The smallest absolute Gasteiger partial charge is 0.106 e. The molecule has 1 N–H and O–H groups in total. The van der Waals surface area contributed by atoms with Crippen LogP contribution in [0.3, 0.4) is 0 Å². The summed E-state index contributed by atoms with van der Waals surface area (Å²) in [7, 11) is 1.81. The maximum absolute atomic E-state index is 5.68. The van der Waals surface area contributed by atoms with Crippen molar-refractivity contribution in [1.29, 1.82) is 0 Å². The first-order chi connectivity index (χ1) is 7.78. The van der Waals surface area contributed by atoms with Crippen LogP contribution in [0.2, 0.25) is 0 Å². The average Bonchev–Trinajstić information content (AvgIpc) is 2.78. The van der Waals surface area contributed by atoms with Crippen molar-refractivity contribution in [1.82, 2.24) is 10.2 Å². The second kappa shape index (κ2) is 5.45.